The number of amides is 1. The van der Waals surface area contributed by atoms with Gasteiger partial charge < -0.3 is 4.90 Å². The molecular weight excluding hydrogens is 388 g/mol. The molecule has 3 rings (SSSR count). The molecule has 0 bridgehead atoms. The second-order valence-corrected chi connectivity index (χ2v) is 8.69. The summed E-state index contributed by atoms with van der Waals surface area (Å²) in [6.07, 6.45) is 6.65. The zero-order valence-corrected chi connectivity index (χ0v) is 16.5. The molecule has 1 saturated heterocycles. The van der Waals surface area contributed by atoms with Crippen molar-refractivity contribution >= 4 is 33.6 Å². The monoisotopic (exact) mass is 408 g/mol. The number of rotatable bonds is 4. The molecule has 1 fully saturated rings. The van der Waals surface area contributed by atoms with Gasteiger partial charge in [0.05, 0.1) is 6.20 Å². The molecule has 0 radical (unpaired) electrons. The molecule has 0 unspecified atom stereocenters. The smallest absolute Gasteiger partial charge is 0.246 e. The molecule has 2 heterocycles. The normalized spacial score (nSPS) is 16.6. The van der Waals surface area contributed by atoms with Gasteiger partial charge in [0.1, 0.15) is 4.90 Å². The summed E-state index contributed by atoms with van der Waals surface area (Å²) in [5, 5.41) is 4.57. The molecule has 0 aliphatic carbocycles. The van der Waals surface area contributed by atoms with Gasteiger partial charge in [0, 0.05) is 50.5 Å². The lowest BCUT2D eigenvalue weighted by atomic mass is 10.2. The molecule has 144 valence electrons. The summed E-state index contributed by atoms with van der Waals surface area (Å²) in [7, 11) is -1.92. The Morgan fingerprint density at radius 1 is 1.15 bits per heavy atom. The van der Waals surface area contributed by atoms with Gasteiger partial charge in [0.15, 0.2) is 0 Å². The Morgan fingerprint density at radius 3 is 2.56 bits per heavy atom. The zero-order valence-electron chi connectivity index (χ0n) is 15.0. The standard InChI is InChI=1S/C18H21ClN4O3S/c1-21-14-17(13-20-21)27(25,26)23-10-2-9-22(11-12-23)18(24)8-5-15-3-6-16(19)7-4-15/h3-8,13-14H,2,9-12H2,1H3/b8-5+. The van der Waals surface area contributed by atoms with E-state index in [-0.39, 0.29) is 17.3 Å². The molecule has 0 spiro atoms. The van der Waals surface area contributed by atoms with Crippen LogP contribution in [0.3, 0.4) is 0 Å². The molecule has 0 saturated carbocycles. The fourth-order valence-corrected chi connectivity index (χ4v) is 4.46. The molecule has 9 heteroatoms. The number of carbonyl (C=O) groups is 1. The number of carbonyl (C=O) groups excluding carboxylic acids is 1. The number of benzene rings is 1. The molecule has 27 heavy (non-hydrogen) atoms. The predicted octanol–water partition coefficient (Wildman–Crippen LogP) is 2.01. The molecule has 7 nitrogen and oxygen atoms in total. The highest BCUT2D eigenvalue weighted by Gasteiger charge is 2.28. The van der Waals surface area contributed by atoms with Gasteiger partial charge in [-0.05, 0) is 30.2 Å². The first-order valence-electron chi connectivity index (χ1n) is 8.57. The van der Waals surface area contributed by atoms with Crippen molar-refractivity contribution in [1.29, 1.82) is 0 Å². The van der Waals surface area contributed by atoms with Gasteiger partial charge in [-0.1, -0.05) is 23.7 Å². The molecule has 1 aliphatic heterocycles. The van der Waals surface area contributed by atoms with Gasteiger partial charge >= 0.3 is 0 Å². The maximum atomic E-state index is 12.7. The minimum atomic E-state index is -3.59. The number of sulfonamides is 1. The van der Waals surface area contributed by atoms with E-state index in [9.17, 15) is 13.2 Å². The van der Waals surface area contributed by atoms with Crippen LogP contribution < -0.4 is 0 Å². The fourth-order valence-electron chi connectivity index (χ4n) is 2.88. The molecule has 1 aromatic carbocycles. The van der Waals surface area contributed by atoms with E-state index in [0.717, 1.165) is 5.56 Å². The lowest BCUT2D eigenvalue weighted by molar-refractivity contribution is -0.125. The van der Waals surface area contributed by atoms with Crippen LogP contribution in [0.15, 0.2) is 47.6 Å². The summed E-state index contributed by atoms with van der Waals surface area (Å²) in [4.78, 5) is 14.3. The summed E-state index contributed by atoms with van der Waals surface area (Å²) in [6.45, 7) is 1.51. The second-order valence-electron chi connectivity index (χ2n) is 6.32. The molecule has 1 amide bonds. The lowest BCUT2D eigenvalue weighted by Crippen LogP contribution is -2.36. The minimum absolute atomic E-state index is 0.134. The van der Waals surface area contributed by atoms with Crippen molar-refractivity contribution in [2.24, 2.45) is 7.05 Å². The van der Waals surface area contributed by atoms with E-state index < -0.39 is 10.0 Å². The van der Waals surface area contributed by atoms with Crippen LogP contribution in [0.4, 0.5) is 0 Å². The van der Waals surface area contributed by atoms with Crippen LogP contribution in [0.25, 0.3) is 6.08 Å². The molecule has 1 aliphatic rings. The van der Waals surface area contributed by atoms with Crippen LogP contribution in [0.2, 0.25) is 5.02 Å². The van der Waals surface area contributed by atoms with E-state index in [1.807, 2.05) is 12.1 Å². The fraction of sp³-hybridized carbons (Fsp3) is 0.333. The van der Waals surface area contributed by atoms with Crippen LogP contribution in [0.5, 0.6) is 0 Å². The van der Waals surface area contributed by atoms with E-state index in [0.29, 0.717) is 31.1 Å². The van der Waals surface area contributed by atoms with Crippen molar-refractivity contribution in [1.82, 2.24) is 19.0 Å². The Hall–Kier alpha value is -2.16. The van der Waals surface area contributed by atoms with Crippen molar-refractivity contribution in [2.45, 2.75) is 11.3 Å². The van der Waals surface area contributed by atoms with Gasteiger partial charge in [-0.25, -0.2) is 8.42 Å². The van der Waals surface area contributed by atoms with Crippen LogP contribution >= 0.6 is 11.6 Å². The predicted molar refractivity (Wildman–Crippen MR) is 104 cm³/mol. The summed E-state index contributed by atoms with van der Waals surface area (Å²) in [6, 6.07) is 7.19. The third kappa shape index (κ3) is 4.77. The number of hydrogen-bond donors (Lipinski definition) is 0. The van der Waals surface area contributed by atoms with Crippen molar-refractivity contribution in [3.05, 3.63) is 53.3 Å². The number of aryl methyl sites for hydroxylation is 1. The average molecular weight is 409 g/mol. The first-order valence-corrected chi connectivity index (χ1v) is 10.4. The Kier molecular flexibility index (Phi) is 5.98. The first kappa shape index (κ1) is 19.6. The largest absolute Gasteiger partial charge is 0.338 e. The van der Waals surface area contributed by atoms with Crippen LogP contribution in [-0.4, -0.2) is 59.5 Å². The highest BCUT2D eigenvalue weighted by molar-refractivity contribution is 7.89. The SMILES string of the molecule is Cn1cc(S(=O)(=O)N2CCCN(C(=O)/C=C/c3ccc(Cl)cc3)CC2)cn1. The average Bonchev–Trinajstić information content (AvgIpc) is 2.93. The maximum Gasteiger partial charge on any atom is 0.246 e. The number of halogens is 1. The summed E-state index contributed by atoms with van der Waals surface area (Å²) in [5.41, 5.74) is 0.878. The Labute approximate surface area is 163 Å². The number of nitrogens with zero attached hydrogens (tertiary/aromatic N) is 4. The molecule has 0 atom stereocenters. The third-order valence-electron chi connectivity index (χ3n) is 4.37. The van der Waals surface area contributed by atoms with E-state index in [4.69, 9.17) is 11.6 Å². The van der Waals surface area contributed by atoms with Crippen LogP contribution in [0.1, 0.15) is 12.0 Å². The van der Waals surface area contributed by atoms with Gasteiger partial charge in [-0.3, -0.25) is 9.48 Å². The second kappa shape index (κ2) is 8.24. The van der Waals surface area contributed by atoms with Crippen LogP contribution in [-0.2, 0) is 21.9 Å². The van der Waals surface area contributed by atoms with E-state index in [1.54, 1.807) is 30.2 Å². The maximum absolute atomic E-state index is 12.7. The topological polar surface area (TPSA) is 75.5 Å². The van der Waals surface area contributed by atoms with Gasteiger partial charge in [-0.15, -0.1) is 0 Å². The van der Waals surface area contributed by atoms with E-state index in [1.165, 1.54) is 27.5 Å². The Morgan fingerprint density at radius 2 is 1.89 bits per heavy atom. The van der Waals surface area contributed by atoms with Crippen LogP contribution in [0, 0.1) is 0 Å². The highest BCUT2D eigenvalue weighted by atomic mass is 35.5. The minimum Gasteiger partial charge on any atom is -0.338 e. The molecule has 1 aromatic heterocycles. The van der Waals surface area contributed by atoms with Crippen molar-refractivity contribution < 1.29 is 13.2 Å². The molecular formula is C18H21ClN4O3S. The quantitative estimate of drug-likeness (QED) is 0.725. The summed E-state index contributed by atoms with van der Waals surface area (Å²) < 4.78 is 28.3. The van der Waals surface area contributed by atoms with Crippen molar-refractivity contribution in [2.75, 3.05) is 26.2 Å². The first-order chi connectivity index (χ1) is 12.9. The summed E-state index contributed by atoms with van der Waals surface area (Å²) >= 11 is 5.85. The van der Waals surface area contributed by atoms with Gasteiger partial charge in [0.25, 0.3) is 0 Å². The zero-order chi connectivity index (χ0) is 19.4. The lowest BCUT2D eigenvalue weighted by Gasteiger charge is -2.20. The van der Waals surface area contributed by atoms with Crippen molar-refractivity contribution in [3.8, 4) is 0 Å². The third-order valence-corrected chi connectivity index (χ3v) is 6.48. The van der Waals surface area contributed by atoms with Gasteiger partial charge in [0.2, 0.25) is 15.9 Å². The highest BCUT2D eigenvalue weighted by Crippen LogP contribution is 2.17. The Balaban J connectivity index is 1.64. The molecule has 2 aromatic rings. The van der Waals surface area contributed by atoms with Gasteiger partial charge in [-0.2, -0.15) is 9.40 Å². The summed E-state index contributed by atoms with van der Waals surface area (Å²) in [5.74, 6) is -0.134. The molecule has 0 N–H and O–H groups in total. The van der Waals surface area contributed by atoms with E-state index in [2.05, 4.69) is 5.10 Å². The van der Waals surface area contributed by atoms with Crippen molar-refractivity contribution in [3.63, 3.8) is 0 Å². The number of aromatic nitrogens is 2. The Bertz CT molecular complexity index is 938. The van der Waals surface area contributed by atoms with E-state index >= 15 is 0 Å². The number of hydrogen-bond acceptors (Lipinski definition) is 4.